The minimum atomic E-state index is -0.285. The van der Waals surface area contributed by atoms with E-state index in [0.717, 1.165) is 42.9 Å². The summed E-state index contributed by atoms with van der Waals surface area (Å²) in [6.07, 6.45) is 3.59. The van der Waals surface area contributed by atoms with Crippen LogP contribution in [-0.2, 0) is 24.3 Å². The maximum absolute atomic E-state index is 12.8. The van der Waals surface area contributed by atoms with E-state index in [4.69, 9.17) is 4.98 Å². The molecule has 3 heterocycles. The van der Waals surface area contributed by atoms with Crippen LogP contribution in [0.25, 0.3) is 0 Å². The number of hydrogen-bond acceptors (Lipinski definition) is 6. The SMILES string of the molecule is C=CC(=O)Nc1cccc(CN2C(=O)NCc3cnc(Cc4ccc(N5CCN(C)CC5)cc4)nc32)c1. The van der Waals surface area contributed by atoms with Gasteiger partial charge in [-0.05, 0) is 48.5 Å². The summed E-state index contributed by atoms with van der Waals surface area (Å²) in [5.41, 5.74) is 4.73. The standard InChI is InChI=1S/C28H31N7O2/c1-3-26(36)31-23-6-4-5-21(15-23)19-35-27-22(18-30-28(35)37)17-29-25(32-27)16-20-7-9-24(10-8-20)34-13-11-33(2)12-14-34/h3-10,15,17H,1,11-14,16,18-19H2,2H3,(H,30,37)(H,31,36). The highest BCUT2D eigenvalue weighted by Gasteiger charge is 2.26. The summed E-state index contributed by atoms with van der Waals surface area (Å²) in [7, 11) is 2.16. The van der Waals surface area contributed by atoms with Gasteiger partial charge in [0.2, 0.25) is 5.91 Å². The van der Waals surface area contributed by atoms with Gasteiger partial charge in [0.15, 0.2) is 0 Å². The minimum absolute atomic E-state index is 0.214. The van der Waals surface area contributed by atoms with E-state index in [0.29, 0.717) is 36.8 Å². The Balaban J connectivity index is 1.32. The Kier molecular flexibility index (Phi) is 7.14. The van der Waals surface area contributed by atoms with Crippen molar-refractivity contribution in [2.75, 3.05) is 48.3 Å². The first-order valence-electron chi connectivity index (χ1n) is 12.4. The molecule has 0 saturated carbocycles. The van der Waals surface area contributed by atoms with E-state index in [9.17, 15) is 9.59 Å². The molecule has 9 nitrogen and oxygen atoms in total. The first-order chi connectivity index (χ1) is 18.0. The van der Waals surface area contributed by atoms with Gasteiger partial charge in [0.1, 0.15) is 11.6 Å². The molecular weight excluding hydrogens is 466 g/mol. The number of carbonyl (C=O) groups excluding carboxylic acids is 2. The average molecular weight is 498 g/mol. The van der Waals surface area contributed by atoms with Crippen LogP contribution in [0, 0.1) is 0 Å². The Morgan fingerprint density at radius 1 is 1.11 bits per heavy atom. The van der Waals surface area contributed by atoms with Crippen molar-refractivity contribution in [1.82, 2.24) is 20.2 Å². The average Bonchev–Trinajstić information content (AvgIpc) is 2.91. The van der Waals surface area contributed by atoms with Crippen LogP contribution >= 0.6 is 0 Å². The molecule has 2 N–H and O–H groups in total. The lowest BCUT2D eigenvalue weighted by atomic mass is 10.1. The van der Waals surface area contributed by atoms with Crippen LogP contribution in [0.1, 0.15) is 22.5 Å². The molecule has 1 saturated heterocycles. The number of carbonyl (C=O) groups is 2. The Labute approximate surface area is 216 Å². The van der Waals surface area contributed by atoms with Gasteiger partial charge in [-0.25, -0.2) is 14.8 Å². The van der Waals surface area contributed by atoms with Crippen molar-refractivity contribution in [3.8, 4) is 0 Å². The topological polar surface area (TPSA) is 93.7 Å². The van der Waals surface area contributed by atoms with Gasteiger partial charge in [-0.3, -0.25) is 9.69 Å². The number of rotatable bonds is 7. The number of hydrogen-bond donors (Lipinski definition) is 2. The highest BCUT2D eigenvalue weighted by Crippen LogP contribution is 2.25. The highest BCUT2D eigenvalue weighted by molar-refractivity contribution is 5.99. The maximum Gasteiger partial charge on any atom is 0.323 e. The number of nitrogens with zero attached hydrogens (tertiary/aromatic N) is 5. The van der Waals surface area contributed by atoms with Crippen LogP contribution in [0.3, 0.4) is 0 Å². The number of fused-ring (bicyclic) bond motifs is 1. The molecule has 9 heteroatoms. The van der Waals surface area contributed by atoms with Gasteiger partial charge >= 0.3 is 6.03 Å². The van der Waals surface area contributed by atoms with Gasteiger partial charge in [-0.2, -0.15) is 0 Å². The molecule has 3 amide bonds. The number of aromatic nitrogens is 2. The summed E-state index contributed by atoms with van der Waals surface area (Å²) in [5, 5.41) is 5.65. The molecule has 2 aromatic carbocycles. The summed E-state index contributed by atoms with van der Waals surface area (Å²) >= 11 is 0. The van der Waals surface area contributed by atoms with Crippen LogP contribution in [0.5, 0.6) is 0 Å². The summed E-state index contributed by atoms with van der Waals surface area (Å²) in [5.74, 6) is 0.994. The summed E-state index contributed by atoms with van der Waals surface area (Å²) in [6.45, 7) is 8.39. The molecule has 0 bridgehead atoms. The molecule has 37 heavy (non-hydrogen) atoms. The molecule has 0 unspecified atom stereocenters. The van der Waals surface area contributed by atoms with Crippen molar-refractivity contribution in [3.05, 3.63) is 89.9 Å². The molecule has 190 valence electrons. The zero-order valence-corrected chi connectivity index (χ0v) is 21.0. The van der Waals surface area contributed by atoms with E-state index in [1.165, 1.54) is 11.8 Å². The van der Waals surface area contributed by atoms with Crippen molar-refractivity contribution in [2.24, 2.45) is 0 Å². The second kappa shape index (κ2) is 10.8. The molecule has 0 radical (unpaired) electrons. The number of anilines is 3. The van der Waals surface area contributed by atoms with Gasteiger partial charge in [0.25, 0.3) is 0 Å². The smallest absolute Gasteiger partial charge is 0.323 e. The van der Waals surface area contributed by atoms with Crippen molar-refractivity contribution in [1.29, 1.82) is 0 Å². The lowest BCUT2D eigenvalue weighted by Crippen LogP contribution is -2.44. The molecule has 1 aromatic heterocycles. The van der Waals surface area contributed by atoms with E-state index >= 15 is 0 Å². The third-order valence-electron chi connectivity index (χ3n) is 6.71. The summed E-state index contributed by atoms with van der Waals surface area (Å²) < 4.78 is 0. The summed E-state index contributed by atoms with van der Waals surface area (Å²) in [6, 6.07) is 15.8. The van der Waals surface area contributed by atoms with Crippen molar-refractivity contribution in [3.63, 3.8) is 0 Å². The number of piperazine rings is 1. The molecule has 3 aromatic rings. The molecule has 0 atom stereocenters. The predicted molar refractivity (Wildman–Crippen MR) is 145 cm³/mol. The fourth-order valence-corrected chi connectivity index (χ4v) is 4.58. The number of nitrogens with one attached hydrogen (secondary N) is 2. The second-order valence-corrected chi connectivity index (χ2v) is 9.41. The predicted octanol–water partition coefficient (Wildman–Crippen LogP) is 3.17. The number of likely N-dealkylation sites (N-methyl/N-ethyl adjacent to an activating group) is 1. The van der Waals surface area contributed by atoms with Crippen molar-refractivity contribution >= 4 is 29.1 Å². The summed E-state index contributed by atoms with van der Waals surface area (Å²) in [4.78, 5) is 40.2. The van der Waals surface area contributed by atoms with Crippen molar-refractivity contribution < 1.29 is 9.59 Å². The molecular formula is C28H31N7O2. The molecule has 1 fully saturated rings. The molecule has 2 aliphatic heterocycles. The highest BCUT2D eigenvalue weighted by atomic mass is 16.2. The zero-order valence-electron chi connectivity index (χ0n) is 21.0. The maximum atomic E-state index is 12.8. The van der Waals surface area contributed by atoms with Crippen LogP contribution in [0.4, 0.5) is 22.0 Å². The first kappa shape index (κ1) is 24.5. The van der Waals surface area contributed by atoms with E-state index < -0.39 is 0 Å². The van der Waals surface area contributed by atoms with E-state index in [1.807, 2.05) is 18.2 Å². The Morgan fingerprint density at radius 2 is 1.89 bits per heavy atom. The minimum Gasteiger partial charge on any atom is -0.369 e. The van der Waals surface area contributed by atoms with Gasteiger partial charge in [0.05, 0.1) is 6.54 Å². The lowest BCUT2D eigenvalue weighted by molar-refractivity contribution is -0.111. The largest absolute Gasteiger partial charge is 0.369 e. The fraction of sp³-hybridized carbons (Fsp3) is 0.286. The normalized spacial score (nSPS) is 15.6. The van der Waals surface area contributed by atoms with E-state index in [-0.39, 0.29) is 11.9 Å². The molecule has 5 rings (SSSR count). The van der Waals surface area contributed by atoms with E-state index in [2.05, 4.69) is 63.3 Å². The molecule has 0 spiro atoms. The number of amides is 3. The number of urea groups is 1. The van der Waals surface area contributed by atoms with Gasteiger partial charge in [-0.15, -0.1) is 0 Å². The first-order valence-corrected chi connectivity index (χ1v) is 12.4. The zero-order chi connectivity index (χ0) is 25.8. The second-order valence-electron chi connectivity index (χ2n) is 9.41. The lowest BCUT2D eigenvalue weighted by Gasteiger charge is -2.34. The van der Waals surface area contributed by atoms with Gasteiger partial charge in [-0.1, -0.05) is 30.8 Å². The Hall–Kier alpha value is -4.24. The molecule has 2 aliphatic rings. The Bertz CT molecular complexity index is 1300. The Morgan fingerprint density at radius 3 is 2.65 bits per heavy atom. The van der Waals surface area contributed by atoms with Crippen LogP contribution < -0.4 is 20.4 Å². The van der Waals surface area contributed by atoms with Crippen molar-refractivity contribution in [2.45, 2.75) is 19.5 Å². The van der Waals surface area contributed by atoms with Crippen LogP contribution in [0.2, 0.25) is 0 Å². The number of benzene rings is 2. The van der Waals surface area contributed by atoms with Crippen LogP contribution in [0.15, 0.2) is 67.4 Å². The third-order valence-corrected chi connectivity index (χ3v) is 6.71. The van der Waals surface area contributed by atoms with Crippen LogP contribution in [-0.4, -0.2) is 60.0 Å². The monoisotopic (exact) mass is 497 g/mol. The fourth-order valence-electron chi connectivity index (χ4n) is 4.58. The van der Waals surface area contributed by atoms with Gasteiger partial charge < -0.3 is 20.4 Å². The van der Waals surface area contributed by atoms with E-state index in [1.54, 1.807) is 17.2 Å². The molecule has 0 aliphatic carbocycles. The third kappa shape index (κ3) is 5.78. The quantitative estimate of drug-likeness (QED) is 0.487. The van der Waals surface area contributed by atoms with Gasteiger partial charge in [0, 0.05) is 62.3 Å².